The van der Waals surface area contributed by atoms with Crippen molar-refractivity contribution in [2.75, 3.05) is 13.7 Å². The predicted molar refractivity (Wildman–Crippen MR) is 89.6 cm³/mol. The summed E-state index contributed by atoms with van der Waals surface area (Å²) in [6.07, 6.45) is 0.995. The number of hydrogen-bond acceptors (Lipinski definition) is 3. The number of benzene rings is 1. The molecule has 0 saturated carbocycles. The molecule has 2 aromatic rings. The number of halogens is 3. The fourth-order valence-electron chi connectivity index (χ4n) is 2.15. The molecule has 0 spiro atoms. The van der Waals surface area contributed by atoms with Crippen LogP contribution in [-0.2, 0) is 0 Å². The van der Waals surface area contributed by atoms with E-state index in [1.165, 1.54) is 0 Å². The zero-order chi connectivity index (χ0) is 15.4. The Morgan fingerprint density at radius 1 is 1.33 bits per heavy atom. The SMILES string of the molecule is CCCNC(c1ccc(Cl)o1)c1cc(Cl)cc(Br)c1OC. The molecule has 0 aliphatic heterocycles. The summed E-state index contributed by atoms with van der Waals surface area (Å²) in [6.45, 7) is 2.93. The fourth-order valence-corrected chi connectivity index (χ4v) is 3.29. The lowest BCUT2D eigenvalue weighted by atomic mass is 10.0. The molecule has 114 valence electrons. The summed E-state index contributed by atoms with van der Waals surface area (Å²) < 4.78 is 11.9. The lowest BCUT2D eigenvalue weighted by molar-refractivity contribution is 0.390. The third-order valence-corrected chi connectivity index (χ3v) is 4.04. The summed E-state index contributed by atoms with van der Waals surface area (Å²) in [4.78, 5) is 0. The van der Waals surface area contributed by atoms with Gasteiger partial charge in [-0.15, -0.1) is 0 Å². The van der Waals surface area contributed by atoms with Crippen molar-refractivity contribution in [3.8, 4) is 5.75 Å². The third-order valence-electron chi connectivity index (χ3n) is 3.03. The van der Waals surface area contributed by atoms with Gasteiger partial charge in [-0.2, -0.15) is 0 Å². The van der Waals surface area contributed by atoms with E-state index >= 15 is 0 Å². The Morgan fingerprint density at radius 3 is 2.67 bits per heavy atom. The van der Waals surface area contributed by atoms with Crippen molar-refractivity contribution < 1.29 is 9.15 Å². The Hall–Kier alpha value is -0.680. The van der Waals surface area contributed by atoms with Crippen molar-refractivity contribution in [2.45, 2.75) is 19.4 Å². The number of rotatable bonds is 6. The Bertz CT molecular complexity index is 616. The van der Waals surface area contributed by atoms with Gasteiger partial charge in [-0.1, -0.05) is 18.5 Å². The molecule has 0 aliphatic carbocycles. The van der Waals surface area contributed by atoms with Crippen LogP contribution in [0.1, 0.15) is 30.7 Å². The van der Waals surface area contributed by atoms with E-state index in [9.17, 15) is 0 Å². The molecule has 0 saturated heterocycles. The second-order valence-electron chi connectivity index (χ2n) is 4.54. The van der Waals surface area contributed by atoms with Crippen molar-refractivity contribution in [3.05, 3.63) is 50.3 Å². The molecule has 6 heteroatoms. The quantitative estimate of drug-likeness (QED) is 0.709. The maximum atomic E-state index is 6.18. The van der Waals surface area contributed by atoms with Gasteiger partial charge in [0.25, 0.3) is 0 Å². The van der Waals surface area contributed by atoms with Gasteiger partial charge < -0.3 is 14.5 Å². The van der Waals surface area contributed by atoms with Crippen LogP contribution in [0, 0.1) is 0 Å². The smallest absolute Gasteiger partial charge is 0.193 e. The van der Waals surface area contributed by atoms with Crippen LogP contribution in [0.2, 0.25) is 10.2 Å². The van der Waals surface area contributed by atoms with Crippen molar-refractivity contribution >= 4 is 39.1 Å². The first-order chi connectivity index (χ1) is 10.1. The highest BCUT2D eigenvalue weighted by atomic mass is 79.9. The molecular formula is C15H16BrCl2NO2. The fraction of sp³-hybridized carbons (Fsp3) is 0.333. The molecule has 0 amide bonds. The maximum Gasteiger partial charge on any atom is 0.193 e. The minimum Gasteiger partial charge on any atom is -0.495 e. The lowest BCUT2D eigenvalue weighted by Gasteiger charge is -2.20. The molecule has 3 nitrogen and oxygen atoms in total. The third kappa shape index (κ3) is 3.95. The zero-order valence-electron chi connectivity index (χ0n) is 11.8. The maximum absolute atomic E-state index is 6.18. The second-order valence-corrected chi connectivity index (χ2v) is 6.20. The summed E-state index contributed by atoms with van der Waals surface area (Å²) in [5, 5.41) is 4.41. The van der Waals surface area contributed by atoms with Crippen molar-refractivity contribution in [2.24, 2.45) is 0 Å². The number of hydrogen-bond donors (Lipinski definition) is 1. The molecular weight excluding hydrogens is 377 g/mol. The van der Waals surface area contributed by atoms with Gasteiger partial charge in [0.15, 0.2) is 5.22 Å². The summed E-state index contributed by atoms with van der Waals surface area (Å²) in [5.74, 6) is 1.45. The first-order valence-corrected chi connectivity index (χ1v) is 8.13. The van der Waals surface area contributed by atoms with Gasteiger partial charge in [-0.05, 0) is 64.8 Å². The molecule has 1 unspecified atom stereocenters. The minimum absolute atomic E-state index is 0.178. The van der Waals surface area contributed by atoms with Crippen LogP contribution in [0.3, 0.4) is 0 Å². The van der Waals surface area contributed by atoms with Crippen molar-refractivity contribution in [1.82, 2.24) is 5.32 Å². The highest BCUT2D eigenvalue weighted by molar-refractivity contribution is 9.10. The van der Waals surface area contributed by atoms with Crippen LogP contribution in [-0.4, -0.2) is 13.7 Å². The normalized spacial score (nSPS) is 12.4. The Kier molecular flexibility index (Phi) is 5.99. The molecule has 0 aliphatic rings. The van der Waals surface area contributed by atoms with Gasteiger partial charge >= 0.3 is 0 Å². The molecule has 0 fully saturated rings. The van der Waals surface area contributed by atoms with Gasteiger partial charge in [0.05, 0.1) is 17.6 Å². The number of ether oxygens (including phenoxy) is 1. The molecule has 1 heterocycles. The average molecular weight is 393 g/mol. The minimum atomic E-state index is -0.178. The van der Waals surface area contributed by atoms with Gasteiger partial charge in [-0.3, -0.25) is 0 Å². The predicted octanol–water partition coefficient (Wildman–Crippen LogP) is 5.45. The summed E-state index contributed by atoms with van der Waals surface area (Å²) in [7, 11) is 1.63. The molecule has 1 aromatic carbocycles. The van der Waals surface area contributed by atoms with Crippen LogP contribution in [0.5, 0.6) is 5.75 Å². The van der Waals surface area contributed by atoms with Crippen molar-refractivity contribution in [3.63, 3.8) is 0 Å². The van der Waals surface area contributed by atoms with E-state index in [2.05, 4.69) is 28.2 Å². The Morgan fingerprint density at radius 2 is 2.10 bits per heavy atom. The van der Waals surface area contributed by atoms with E-state index in [0.717, 1.165) is 34.5 Å². The number of nitrogens with one attached hydrogen (secondary N) is 1. The van der Waals surface area contributed by atoms with E-state index < -0.39 is 0 Å². The Labute approximate surface area is 142 Å². The molecule has 21 heavy (non-hydrogen) atoms. The summed E-state index contributed by atoms with van der Waals surface area (Å²) >= 11 is 15.6. The Balaban J connectivity index is 2.50. The highest BCUT2D eigenvalue weighted by Gasteiger charge is 2.23. The standard InChI is InChI=1S/C15H16BrCl2NO2/c1-3-6-19-14(12-4-5-13(18)21-12)10-7-9(17)8-11(16)15(10)20-2/h4-5,7-8,14,19H,3,6H2,1-2H3. The number of furan rings is 1. The molecule has 1 atom stereocenters. The highest BCUT2D eigenvalue weighted by Crippen LogP contribution is 2.39. The monoisotopic (exact) mass is 391 g/mol. The van der Waals surface area contributed by atoms with E-state index in [-0.39, 0.29) is 6.04 Å². The van der Waals surface area contributed by atoms with Gasteiger partial charge in [-0.25, -0.2) is 0 Å². The number of methoxy groups -OCH3 is 1. The first kappa shape index (κ1) is 16.7. The van der Waals surface area contributed by atoms with Crippen LogP contribution in [0.4, 0.5) is 0 Å². The van der Waals surface area contributed by atoms with Crippen LogP contribution < -0.4 is 10.1 Å². The summed E-state index contributed by atoms with van der Waals surface area (Å²) in [6, 6.07) is 7.07. The molecule has 2 rings (SSSR count). The van der Waals surface area contributed by atoms with E-state index in [0.29, 0.717) is 10.2 Å². The van der Waals surface area contributed by atoms with Gasteiger partial charge in [0, 0.05) is 10.6 Å². The second kappa shape index (κ2) is 7.54. The van der Waals surface area contributed by atoms with Crippen molar-refractivity contribution in [1.29, 1.82) is 0 Å². The van der Waals surface area contributed by atoms with E-state index in [1.807, 2.05) is 12.1 Å². The zero-order valence-corrected chi connectivity index (χ0v) is 14.8. The molecule has 1 aromatic heterocycles. The lowest BCUT2D eigenvalue weighted by Crippen LogP contribution is -2.23. The molecule has 0 radical (unpaired) electrons. The first-order valence-electron chi connectivity index (χ1n) is 6.58. The largest absolute Gasteiger partial charge is 0.495 e. The van der Waals surface area contributed by atoms with Gasteiger partial charge in [0.1, 0.15) is 11.5 Å². The molecule has 0 bridgehead atoms. The summed E-state index contributed by atoms with van der Waals surface area (Å²) in [5.41, 5.74) is 0.899. The molecule has 1 N–H and O–H groups in total. The van der Waals surface area contributed by atoms with Gasteiger partial charge in [0.2, 0.25) is 0 Å². The van der Waals surface area contributed by atoms with Crippen LogP contribution in [0.25, 0.3) is 0 Å². The van der Waals surface area contributed by atoms with E-state index in [1.54, 1.807) is 19.2 Å². The van der Waals surface area contributed by atoms with Crippen LogP contribution >= 0.6 is 39.1 Å². The topological polar surface area (TPSA) is 34.4 Å². The van der Waals surface area contributed by atoms with E-state index in [4.69, 9.17) is 32.4 Å². The average Bonchev–Trinajstić information content (AvgIpc) is 2.85. The van der Waals surface area contributed by atoms with Crippen LogP contribution in [0.15, 0.2) is 33.2 Å².